The summed E-state index contributed by atoms with van der Waals surface area (Å²) >= 11 is 0. The Balaban J connectivity index is 1.53. The monoisotopic (exact) mass is 465 g/mol. The van der Waals surface area contributed by atoms with Crippen molar-refractivity contribution in [3.63, 3.8) is 0 Å². The molecule has 2 aromatic rings. The van der Waals surface area contributed by atoms with Gasteiger partial charge in [0, 0.05) is 12.1 Å². The first-order valence-corrected chi connectivity index (χ1v) is 12.0. The van der Waals surface area contributed by atoms with Crippen LogP contribution in [0.2, 0.25) is 0 Å². The maximum Gasteiger partial charge on any atom is 0.225 e. The SMILES string of the molecule is CC1=C[C@]23C(=O)[C@@H](C=C(CO)[C@@H](O)[C@]2(O)[C@H]1Oc1nccc2occc12)[C@H]1[C@@H](C[C@H]3C)C1(C)C. The summed E-state index contributed by atoms with van der Waals surface area (Å²) in [7, 11) is 0. The van der Waals surface area contributed by atoms with Gasteiger partial charge in [0.15, 0.2) is 17.5 Å². The van der Waals surface area contributed by atoms with Crippen LogP contribution in [0.4, 0.5) is 0 Å². The Bertz CT molecular complexity index is 1260. The van der Waals surface area contributed by atoms with E-state index in [1.165, 1.54) is 6.26 Å². The number of nitrogens with zero attached hydrogens (tertiary/aromatic N) is 1. The average molecular weight is 466 g/mol. The van der Waals surface area contributed by atoms with E-state index < -0.39 is 35.7 Å². The molecular weight excluding hydrogens is 434 g/mol. The van der Waals surface area contributed by atoms with E-state index in [0.29, 0.717) is 22.5 Å². The molecule has 0 radical (unpaired) electrons. The van der Waals surface area contributed by atoms with Gasteiger partial charge in [-0.05, 0) is 59.8 Å². The summed E-state index contributed by atoms with van der Waals surface area (Å²) in [4.78, 5) is 18.7. The highest BCUT2D eigenvalue weighted by Crippen LogP contribution is 2.71. The lowest BCUT2D eigenvalue weighted by atomic mass is 9.59. The molecule has 0 saturated heterocycles. The van der Waals surface area contributed by atoms with E-state index in [4.69, 9.17) is 9.15 Å². The summed E-state index contributed by atoms with van der Waals surface area (Å²) < 4.78 is 11.8. The van der Waals surface area contributed by atoms with Gasteiger partial charge in [-0.1, -0.05) is 32.9 Å². The first-order valence-electron chi connectivity index (χ1n) is 12.0. The fraction of sp³-hybridized carbons (Fsp3) is 0.556. The number of hydrogen-bond donors (Lipinski definition) is 3. The van der Waals surface area contributed by atoms with Gasteiger partial charge in [0.25, 0.3) is 0 Å². The molecule has 7 heteroatoms. The minimum atomic E-state index is -1.99. The quantitative estimate of drug-likeness (QED) is 0.597. The molecule has 180 valence electrons. The molecule has 2 aromatic heterocycles. The van der Waals surface area contributed by atoms with Crippen molar-refractivity contribution in [2.75, 3.05) is 6.61 Å². The second-order valence-electron chi connectivity index (χ2n) is 11.3. The van der Waals surface area contributed by atoms with E-state index in [1.54, 1.807) is 24.4 Å². The topological polar surface area (TPSA) is 113 Å². The van der Waals surface area contributed by atoms with Gasteiger partial charge in [0.2, 0.25) is 5.88 Å². The van der Waals surface area contributed by atoms with Gasteiger partial charge in [-0.3, -0.25) is 4.79 Å². The highest BCUT2D eigenvalue weighted by atomic mass is 16.5. The summed E-state index contributed by atoms with van der Waals surface area (Å²) in [5.74, 6) is -0.0900. The lowest BCUT2D eigenvalue weighted by molar-refractivity contribution is -0.186. The van der Waals surface area contributed by atoms with Crippen LogP contribution in [-0.4, -0.2) is 50.5 Å². The van der Waals surface area contributed by atoms with Crippen LogP contribution in [0.5, 0.6) is 5.88 Å². The van der Waals surface area contributed by atoms with Crippen LogP contribution < -0.4 is 4.74 Å². The summed E-state index contributed by atoms with van der Waals surface area (Å²) in [5.41, 5.74) is -1.82. The van der Waals surface area contributed by atoms with E-state index in [9.17, 15) is 20.1 Å². The van der Waals surface area contributed by atoms with Gasteiger partial charge in [0.05, 0.1) is 23.7 Å². The number of carbonyl (C=O) groups is 1. The van der Waals surface area contributed by atoms with Crippen molar-refractivity contribution in [3.05, 3.63) is 47.9 Å². The van der Waals surface area contributed by atoms with Gasteiger partial charge in [-0.15, -0.1) is 0 Å². The minimum Gasteiger partial charge on any atom is -0.466 e. The normalized spacial score (nSPS) is 42.3. The number of hydrogen-bond acceptors (Lipinski definition) is 7. The van der Waals surface area contributed by atoms with E-state index >= 15 is 0 Å². The predicted molar refractivity (Wildman–Crippen MR) is 124 cm³/mol. The lowest BCUT2D eigenvalue weighted by Crippen LogP contribution is -2.66. The molecule has 0 amide bonds. The maximum atomic E-state index is 14.4. The molecular formula is C27H31NO6. The third-order valence-corrected chi connectivity index (χ3v) is 9.47. The van der Waals surface area contributed by atoms with Crippen molar-refractivity contribution < 1.29 is 29.3 Å². The van der Waals surface area contributed by atoms with Crippen LogP contribution >= 0.6 is 0 Å². The van der Waals surface area contributed by atoms with Crippen LogP contribution in [-0.2, 0) is 4.79 Å². The number of fused-ring (bicyclic) bond motifs is 4. The summed E-state index contributed by atoms with van der Waals surface area (Å²) in [5, 5.41) is 35.0. The summed E-state index contributed by atoms with van der Waals surface area (Å²) in [6.07, 6.45) is 4.92. The number of furan rings is 1. The largest absolute Gasteiger partial charge is 0.466 e. The van der Waals surface area contributed by atoms with Crippen molar-refractivity contribution in [1.82, 2.24) is 4.98 Å². The molecule has 6 rings (SSSR count). The lowest BCUT2D eigenvalue weighted by Gasteiger charge is -2.48. The zero-order valence-corrected chi connectivity index (χ0v) is 19.9. The average Bonchev–Trinajstić information content (AvgIpc) is 3.11. The molecule has 3 N–H and O–H groups in total. The highest BCUT2D eigenvalue weighted by Gasteiger charge is 2.76. The highest BCUT2D eigenvalue weighted by molar-refractivity contribution is 5.95. The molecule has 4 aliphatic carbocycles. The Kier molecular flexibility index (Phi) is 4.41. The second-order valence-corrected chi connectivity index (χ2v) is 11.3. The molecule has 7 nitrogen and oxygen atoms in total. The van der Waals surface area contributed by atoms with Gasteiger partial charge in [-0.25, -0.2) is 4.98 Å². The second kappa shape index (κ2) is 6.80. The Morgan fingerprint density at radius 1 is 1.29 bits per heavy atom. The molecule has 8 atom stereocenters. The van der Waals surface area contributed by atoms with Gasteiger partial charge < -0.3 is 24.5 Å². The Hall–Kier alpha value is -2.48. The first-order chi connectivity index (χ1) is 16.1. The van der Waals surface area contributed by atoms with E-state index in [0.717, 1.165) is 6.42 Å². The van der Waals surface area contributed by atoms with Gasteiger partial charge in [0.1, 0.15) is 11.7 Å². The van der Waals surface area contributed by atoms with E-state index in [-0.39, 0.29) is 34.5 Å². The third kappa shape index (κ3) is 2.42. The molecule has 2 bridgehead atoms. The fourth-order valence-electron chi connectivity index (χ4n) is 7.67. The smallest absolute Gasteiger partial charge is 0.225 e. The number of allylic oxidation sites excluding steroid dienone is 1. The van der Waals surface area contributed by atoms with E-state index in [1.807, 2.05) is 19.9 Å². The number of Topliss-reactive ketones (excluding diaryl/α,β-unsaturated/α-hetero) is 1. The maximum absolute atomic E-state index is 14.4. The van der Waals surface area contributed by atoms with Crippen molar-refractivity contribution in [2.24, 2.45) is 34.5 Å². The first kappa shape index (κ1) is 22.0. The number of aliphatic hydroxyl groups excluding tert-OH is 2. The number of ether oxygens (including phenoxy) is 1. The van der Waals surface area contributed by atoms with Crippen LogP contribution in [0.3, 0.4) is 0 Å². The minimum absolute atomic E-state index is 0.00518. The van der Waals surface area contributed by atoms with Crippen LogP contribution in [0.1, 0.15) is 34.1 Å². The van der Waals surface area contributed by atoms with Crippen molar-refractivity contribution in [3.8, 4) is 5.88 Å². The molecule has 2 heterocycles. The summed E-state index contributed by atoms with van der Waals surface area (Å²) in [6, 6.07) is 3.46. The number of carbonyl (C=O) groups excluding carboxylic acids is 1. The molecule has 0 unspecified atom stereocenters. The standard InChI is InChI=1S/C27H31NO6/c1-13-11-26-14(2)9-18-20(25(18,3)4)17(22(26)31)10-15(12-29)21(30)27(26,32)23(13)34-24-16-6-8-33-19(16)5-7-28-24/h5-8,10-11,14,17-18,20-21,23,29-30,32H,9,12H2,1-4H3/t14-,17+,18-,20+,21-,23+,26+,27+/m1/s1. The molecule has 0 aliphatic heterocycles. The number of aromatic nitrogens is 1. The fourth-order valence-corrected chi connectivity index (χ4v) is 7.67. The van der Waals surface area contributed by atoms with Crippen molar-refractivity contribution in [2.45, 2.75) is 51.9 Å². The molecule has 2 saturated carbocycles. The number of ketones is 1. The van der Waals surface area contributed by atoms with Crippen molar-refractivity contribution in [1.29, 1.82) is 0 Å². The van der Waals surface area contributed by atoms with Gasteiger partial charge in [-0.2, -0.15) is 0 Å². The van der Waals surface area contributed by atoms with Crippen LogP contribution in [0.25, 0.3) is 11.0 Å². The molecule has 2 fully saturated rings. The molecule has 4 aliphatic rings. The van der Waals surface area contributed by atoms with Crippen molar-refractivity contribution >= 4 is 16.8 Å². The Morgan fingerprint density at radius 2 is 2.06 bits per heavy atom. The van der Waals surface area contributed by atoms with Crippen LogP contribution in [0.15, 0.2) is 52.3 Å². The summed E-state index contributed by atoms with van der Waals surface area (Å²) in [6.45, 7) is 7.73. The van der Waals surface area contributed by atoms with Gasteiger partial charge >= 0.3 is 0 Å². The zero-order chi connectivity index (χ0) is 24.2. The number of rotatable bonds is 3. The Morgan fingerprint density at radius 3 is 2.79 bits per heavy atom. The third-order valence-electron chi connectivity index (χ3n) is 9.47. The molecule has 34 heavy (non-hydrogen) atoms. The molecule has 0 aromatic carbocycles. The zero-order valence-electron chi connectivity index (χ0n) is 19.9. The number of aliphatic hydroxyl groups is 3. The predicted octanol–water partition coefficient (Wildman–Crippen LogP) is 3.04. The number of pyridine rings is 1. The van der Waals surface area contributed by atoms with Crippen LogP contribution in [0, 0.1) is 34.5 Å². The Labute approximate surface area is 198 Å². The molecule has 1 spiro atoms. The van der Waals surface area contributed by atoms with E-state index in [2.05, 4.69) is 18.8 Å².